The third-order valence-corrected chi connectivity index (χ3v) is 4.42. The van der Waals surface area contributed by atoms with Crippen LogP contribution in [0.1, 0.15) is 36.2 Å². The molecule has 0 aliphatic heterocycles. The predicted molar refractivity (Wildman–Crippen MR) is 108 cm³/mol. The molecule has 0 fully saturated rings. The van der Waals surface area contributed by atoms with Crippen molar-refractivity contribution >= 4 is 23.7 Å². The summed E-state index contributed by atoms with van der Waals surface area (Å²) in [6.07, 6.45) is 1.75. The van der Waals surface area contributed by atoms with Crippen LogP contribution in [0.2, 0.25) is 0 Å². The average Bonchev–Trinajstić information content (AvgIpc) is 2.72. The molecule has 2 atom stereocenters. The van der Waals surface area contributed by atoms with Crippen LogP contribution in [0.5, 0.6) is 5.75 Å². The first-order chi connectivity index (χ1) is 13.8. The number of benzene rings is 2. The van der Waals surface area contributed by atoms with Crippen LogP contribution in [0.4, 0.5) is 5.69 Å². The highest BCUT2D eigenvalue weighted by Crippen LogP contribution is 2.21. The molecule has 0 bridgehead atoms. The lowest BCUT2D eigenvalue weighted by molar-refractivity contribution is -0.384. The lowest BCUT2D eigenvalue weighted by Gasteiger charge is -2.22. The normalized spacial score (nSPS) is 12.9. The van der Waals surface area contributed by atoms with Gasteiger partial charge in [0.2, 0.25) is 0 Å². The van der Waals surface area contributed by atoms with Crippen LogP contribution in [-0.2, 0) is 4.79 Å². The molecule has 3 N–H and O–H groups in total. The minimum Gasteiger partial charge on any atom is -0.507 e. The van der Waals surface area contributed by atoms with Gasteiger partial charge >= 0.3 is 0 Å². The summed E-state index contributed by atoms with van der Waals surface area (Å²) in [5.74, 6) is -1.30. The van der Waals surface area contributed by atoms with Crippen molar-refractivity contribution in [3.8, 4) is 5.75 Å². The predicted octanol–water partition coefficient (Wildman–Crippen LogP) is 2.60. The van der Waals surface area contributed by atoms with Gasteiger partial charge in [-0.15, -0.1) is 0 Å². The molecule has 0 radical (unpaired) electrons. The molecule has 29 heavy (non-hydrogen) atoms. The highest BCUT2D eigenvalue weighted by atomic mass is 16.6. The van der Waals surface area contributed by atoms with Crippen LogP contribution in [0.25, 0.3) is 0 Å². The zero-order valence-corrected chi connectivity index (χ0v) is 16.0. The van der Waals surface area contributed by atoms with Gasteiger partial charge in [-0.2, -0.15) is 5.10 Å². The topological polar surface area (TPSA) is 134 Å². The molecular weight excluding hydrogens is 376 g/mol. The first-order valence-corrected chi connectivity index (χ1v) is 8.99. The standard InChI is InChI=1S/C20H22N4O5/c1-3-13(2)18(22-19(26)14-7-5-4-6-8-14)20(27)23-21-12-15-11-16(24(28)29)9-10-17(15)25/h4-13,18,25H,3H2,1-2H3,(H,22,26)(H,23,27)/b21-12-. The van der Waals surface area contributed by atoms with Crippen LogP contribution in [0.3, 0.4) is 0 Å². The van der Waals surface area contributed by atoms with Crippen LogP contribution < -0.4 is 10.7 Å². The largest absolute Gasteiger partial charge is 0.507 e. The number of nitro groups is 1. The number of non-ortho nitro benzene ring substituents is 1. The van der Waals surface area contributed by atoms with Gasteiger partial charge < -0.3 is 10.4 Å². The molecule has 2 aromatic rings. The Labute approximate surface area is 167 Å². The summed E-state index contributed by atoms with van der Waals surface area (Å²) in [5, 5.41) is 27.1. The zero-order chi connectivity index (χ0) is 21.4. The fraction of sp³-hybridized carbons (Fsp3) is 0.250. The van der Waals surface area contributed by atoms with Crippen LogP contribution in [0, 0.1) is 16.0 Å². The van der Waals surface area contributed by atoms with Crippen molar-refractivity contribution in [2.75, 3.05) is 0 Å². The Morgan fingerprint density at radius 2 is 1.93 bits per heavy atom. The first kappa shape index (κ1) is 21.5. The number of hydrogen-bond donors (Lipinski definition) is 3. The Bertz CT molecular complexity index is 914. The summed E-state index contributed by atoms with van der Waals surface area (Å²) in [7, 11) is 0. The van der Waals surface area contributed by atoms with Gasteiger partial charge in [0, 0.05) is 23.3 Å². The second-order valence-electron chi connectivity index (χ2n) is 6.44. The van der Waals surface area contributed by atoms with Crippen molar-refractivity contribution in [1.29, 1.82) is 0 Å². The van der Waals surface area contributed by atoms with E-state index in [4.69, 9.17) is 0 Å². The van der Waals surface area contributed by atoms with Gasteiger partial charge in [-0.05, 0) is 24.1 Å². The lowest BCUT2D eigenvalue weighted by atomic mass is 9.98. The van der Waals surface area contributed by atoms with Crippen molar-refractivity contribution in [2.24, 2.45) is 11.0 Å². The average molecular weight is 398 g/mol. The van der Waals surface area contributed by atoms with Crippen molar-refractivity contribution in [3.05, 3.63) is 69.8 Å². The molecule has 2 rings (SSSR count). The number of phenolic OH excluding ortho intramolecular Hbond substituents is 1. The van der Waals surface area contributed by atoms with Gasteiger partial charge in [-0.3, -0.25) is 19.7 Å². The molecule has 152 valence electrons. The second kappa shape index (κ2) is 9.98. The fourth-order valence-corrected chi connectivity index (χ4v) is 2.51. The molecule has 2 aromatic carbocycles. The summed E-state index contributed by atoms with van der Waals surface area (Å²) < 4.78 is 0. The first-order valence-electron chi connectivity index (χ1n) is 8.99. The van der Waals surface area contributed by atoms with E-state index in [2.05, 4.69) is 15.8 Å². The monoisotopic (exact) mass is 398 g/mol. The number of amides is 2. The Hall–Kier alpha value is -3.75. The van der Waals surface area contributed by atoms with Crippen LogP contribution >= 0.6 is 0 Å². The molecule has 0 saturated heterocycles. The minimum atomic E-state index is -0.830. The van der Waals surface area contributed by atoms with Crippen molar-refractivity contribution in [3.63, 3.8) is 0 Å². The maximum Gasteiger partial charge on any atom is 0.270 e. The van der Waals surface area contributed by atoms with E-state index in [0.29, 0.717) is 12.0 Å². The molecular formula is C20H22N4O5. The van der Waals surface area contributed by atoms with E-state index in [1.165, 1.54) is 6.07 Å². The fourth-order valence-electron chi connectivity index (χ4n) is 2.51. The highest BCUT2D eigenvalue weighted by Gasteiger charge is 2.26. The molecule has 0 aliphatic rings. The number of carbonyl (C=O) groups excluding carboxylic acids is 2. The summed E-state index contributed by atoms with van der Waals surface area (Å²) in [4.78, 5) is 35.2. The Morgan fingerprint density at radius 1 is 1.24 bits per heavy atom. The lowest BCUT2D eigenvalue weighted by Crippen LogP contribution is -2.49. The SMILES string of the molecule is CCC(C)C(NC(=O)c1ccccc1)C(=O)N/N=C\c1cc([N+](=O)[O-])ccc1O. The van der Waals surface area contributed by atoms with E-state index in [-0.39, 0.29) is 28.8 Å². The number of nitrogens with zero attached hydrogens (tertiary/aromatic N) is 2. The smallest absolute Gasteiger partial charge is 0.270 e. The van der Waals surface area contributed by atoms with E-state index in [9.17, 15) is 24.8 Å². The molecule has 2 amide bonds. The number of hydrogen-bond acceptors (Lipinski definition) is 6. The summed E-state index contributed by atoms with van der Waals surface area (Å²) in [5.41, 5.74) is 2.60. The maximum absolute atomic E-state index is 12.6. The van der Waals surface area contributed by atoms with Gasteiger partial charge in [-0.1, -0.05) is 38.5 Å². The number of nitro benzene ring substituents is 1. The van der Waals surface area contributed by atoms with Crippen molar-refractivity contribution in [1.82, 2.24) is 10.7 Å². The van der Waals surface area contributed by atoms with E-state index in [1.807, 2.05) is 13.8 Å². The van der Waals surface area contributed by atoms with E-state index >= 15 is 0 Å². The number of phenols is 1. The second-order valence-corrected chi connectivity index (χ2v) is 6.44. The van der Waals surface area contributed by atoms with E-state index in [1.54, 1.807) is 30.3 Å². The van der Waals surface area contributed by atoms with Crippen molar-refractivity contribution in [2.45, 2.75) is 26.3 Å². The number of carbonyl (C=O) groups is 2. The minimum absolute atomic E-state index is 0.0768. The quantitative estimate of drug-likeness (QED) is 0.357. The molecule has 9 heteroatoms. The summed E-state index contributed by atoms with van der Waals surface area (Å²) in [6.45, 7) is 3.72. The number of rotatable bonds is 8. The van der Waals surface area contributed by atoms with Gasteiger partial charge in [0.15, 0.2) is 0 Å². The Kier molecular flexibility index (Phi) is 7.41. The van der Waals surface area contributed by atoms with Crippen LogP contribution in [0.15, 0.2) is 53.6 Å². The van der Waals surface area contributed by atoms with Gasteiger partial charge in [0.1, 0.15) is 11.8 Å². The third-order valence-electron chi connectivity index (χ3n) is 4.42. The number of hydrazone groups is 1. The maximum atomic E-state index is 12.6. The third kappa shape index (κ3) is 5.86. The Balaban J connectivity index is 2.10. The highest BCUT2D eigenvalue weighted by molar-refractivity contribution is 5.97. The molecule has 0 aliphatic carbocycles. The van der Waals surface area contributed by atoms with Gasteiger partial charge in [0.25, 0.3) is 17.5 Å². The van der Waals surface area contributed by atoms with E-state index < -0.39 is 16.9 Å². The number of aromatic hydroxyl groups is 1. The van der Waals surface area contributed by atoms with E-state index in [0.717, 1.165) is 18.3 Å². The zero-order valence-electron chi connectivity index (χ0n) is 16.0. The molecule has 0 saturated carbocycles. The molecule has 0 aromatic heterocycles. The van der Waals surface area contributed by atoms with Gasteiger partial charge in [0.05, 0.1) is 11.1 Å². The number of nitrogens with one attached hydrogen (secondary N) is 2. The molecule has 0 heterocycles. The summed E-state index contributed by atoms with van der Waals surface area (Å²) in [6, 6.07) is 11.2. The molecule has 2 unspecified atom stereocenters. The van der Waals surface area contributed by atoms with Crippen LogP contribution in [-0.4, -0.2) is 34.1 Å². The summed E-state index contributed by atoms with van der Waals surface area (Å²) >= 11 is 0. The van der Waals surface area contributed by atoms with Gasteiger partial charge in [-0.25, -0.2) is 5.43 Å². The molecule has 0 spiro atoms. The molecule has 9 nitrogen and oxygen atoms in total. The van der Waals surface area contributed by atoms with Crippen molar-refractivity contribution < 1.29 is 19.6 Å². The Morgan fingerprint density at radius 3 is 2.55 bits per heavy atom.